The van der Waals surface area contributed by atoms with Gasteiger partial charge in [0.15, 0.2) is 6.10 Å². The molecule has 0 N–H and O–H groups in total. The maximum absolute atomic E-state index is 12.6. The molecule has 1 fully saturated rings. The van der Waals surface area contributed by atoms with Gasteiger partial charge < -0.3 is 4.74 Å². The van der Waals surface area contributed by atoms with Crippen molar-refractivity contribution >= 4 is 28.3 Å². The lowest BCUT2D eigenvalue weighted by atomic mass is 9.97. The molecule has 5 rings (SSSR count). The van der Waals surface area contributed by atoms with E-state index in [-0.39, 0.29) is 5.91 Å². The molecule has 0 bridgehead atoms. The summed E-state index contributed by atoms with van der Waals surface area (Å²) in [6, 6.07) is 20.9. The van der Waals surface area contributed by atoms with Gasteiger partial charge in [-0.3, -0.25) is 4.79 Å². The van der Waals surface area contributed by atoms with Gasteiger partial charge in [0.05, 0.1) is 11.3 Å². The fourth-order valence-corrected chi connectivity index (χ4v) is 3.52. The molecule has 3 aromatic rings. The summed E-state index contributed by atoms with van der Waals surface area (Å²) < 4.78 is 5.31. The minimum Gasteiger partial charge on any atom is -0.452 e. The fourth-order valence-electron chi connectivity index (χ4n) is 3.52. The van der Waals surface area contributed by atoms with Gasteiger partial charge in [0, 0.05) is 5.56 Å². The first-order chi connectivity index (χ1) is 13.1. The smallest absolute Gasteiger partial charge is 0.343 e. The molecule has 132 valence electrons. The Labute approximate surface area is 155 Å². The Hall–Kier alpha value is -3.44. The largest absolute Gasteiger partial charge is 0.452 e. The summed E-state index contributed by atoms with van der Waals surface area (Å²) >= 11 is 0. The van der Waals surface area contributed by atoms with Gasteiger partial charge in [-0.05, 0) is 28.5 Å². The third kappa shape index (κ3) is 2.36. The van der Waals surface area contributed by atoms with Gasteiger partial charge >= 0.3 is 5.97 Å². The molecule has 0 saturated carbocycles. The molecular formula is C22H15NO4. The Morgan fingerprint density at radius 1 is 0.889 bits per heavy atom. The molecule has 2 heterocycles. The SMILES string of the molecule is C=C1c2ccccc2C(=O)N1O[C@@H]1C(=O)OC1c1ccc2ccccc2c1. The predicted octanol–water partition coefficient (Wildman–Crippen LogP) is 3.86. The minimum atomic E-state index is -0.888. The molecule has 1 unspecified atom stereocenters. The van der Waals surface area contributed by atoms with Gasteiger partial charge in [0.2, 0.25) is 6.10 Å². The van der Waals surface area contributed by atoms with Crippen molar-refractivity contribution in [3.63, 3.8) is 0 Å². The van der Waals surface area contributed by atoms with Gasteiger partial charge in [0.1, 0.15) is 0 Å². The molecule has 2 aliphatic rings. The van der Waals surface area contributed by atoms with Crippen LogP contribution in [0.25, 0.3) is 16.5 Å². The molecule has 5 heteroatoms. The summed E-state index contributed by atoms with van der Waals surface area (Å²) in [5.74, 6) is -0.822. The van der Waals surface area contributed by atoms with E-state index >= 15 is 0 Å². The molecule has 5 nitrogen and oxygen atoms in total. The lowest BCUT2D eigenvalue weighted by molar-refractivity contribution is -0.240. The van der Waals surface area contributed by atoms with Crippen LogP contribution in [0.1, 0.15) is 27.6 Å². The van der Waals surface area contributed by atoms with Crippen molar-refractivity contribution in [2.45, 2.75) is 12.2 Å². The number of hydrogen-bond acceptors (Lipinski definition) is 4. The van der Waals surface area contributed by atoms with Gasteiger partial charge in [-0.2, -0.15) is 5.06 Å². The highest BCUT2D eigenvalue weighted by Gasteiger charge is 2.48. The summed E-state index contributed by atoms with van der Waals surface area (Å²) in [6.07, 6.45) is -1.45. The van der Waals surface area contributed by atoms with Crippen LogP contribution in [0.4, 0.5) is 0 Å². The monoisotopic (exact) mass is 357 g/mol. The maximum Gasteiger partial charge on any atom is 0.343 e. The van der Waals surface area contributed by atoms with Crippen molar-refractivity contribution in [1.82, 2.24) is 5.06 Å². The van der Waals surface area contributed by atoms with Gasteiger partial charge in [-0.25, -0.2) is 9.63 Å². The Morgan fingerprint density at radius 3 is 2.33 bits per heavy atom. The number of hydrogen-bond donors (Lipinski definition) is 0. The number of carbonyl (C=O) groups excluding carboxylic acids is 2. The number of benzene rings is 3. The molecule has 1 amide bonds. The van der Waals surface area contributed by atoms with Crippen molar-refractivity contribution in [3.8, 4) is 0 Å². The molecule has 1 saturated heterocycles. The number of fused-ring (bicyclic) bond motifs is 2. The van der Waals surface area contributed by atoms with Crippen LogP contribution in [0.15, 0.2) is 73.3 Å². The standard InChI is InChI=1S/C22H15NO4/c1-13-17-8-4-5-9-18(17)21(24)23(13)27-20-19(26-22(20)25)16-11-10-14-6-2-3-7-15(14)12-16/h2-12,19-20H,1H2/t19?,20-/m0/s1. The molecule has 0 aliphatic carbocycles. The highest BCUT2D eigenvalue weighted by atomic mass is 16.7. The van der Waals surface area contributed by atoms with Crippen LogP contribution in [-0.2, 0) is 14.4 Å². The maximum atomic E-state index is 12.6. The van der Waals surface area contributed by atoms with Gasteiger partial charge in [-0.1, -0.05) is 61.2 Å². The van der Waals surface area contributed by atoms with Crippen molar-refractivity contribution < 1.29 is 19.2 Å². The Bertz CT molecular complexity index is 1090. The number of carbonyl (C=O) groups is 2. The van der Waals surface area contributed by atoms with Crippen LogP contribution in [0, 0.1) is 0 Å². The number of rotatable bonds is 3. The van der Waals surface area contributed by atoms with Crippen LogP contribution >= 0.6 is 0 Å². The summed E-state index contributed by atoms with van der Waals surface area (Å²) in [4.78, 5) is 30.4. The van der Waals surface area contributed by atoms with Crippen LogP contribution in [0.2, 0.25) is 0 Å². The Morgan fingerprint density at radius 2 is 1.59 bits per heavy atom. The molecular weight excluding hydrogens is 342 g/mol. The minimum absolute atomic E-state index is 0.326. The van der Waals surface area contributed by atoms with Crippen molar-refractivity contribution in [2.75, 3.05) is 0 Å². The average molecular weight is 357 g/mol. The highest BCUT2D eigenvalue weighted by Crippen LogP contribution is 2.39. The molecule has 0 aromatic heterocycles. The zero-order chi connectivity index (χ0) is 18.5. The molecule has 2 aliphatic heterocycles. The van der Waals surface area contributed by atoms with E-state index in [4.69, 9.17) is 9.57 Å². The van der Waals surface area contributed by atoms with Crippen molar-refractivity contribution in [3.05, 3.63) is 90.0 Å². The zero-order valence-corrected chi connectivity index (χ0v) is 14.3. The molecule has 3 aromatic carbocycles. The summed E-state index contributed by atoms with van der Waals surface area (Å²) in [7, 11) is 0. The average Bonchev–Trinajstić information content (AvgIpc) is 2.94. The summed E-state index contributed by atoms with van der Waals surface area (Å²) in [5.41, 5.74) is 2.47. The van der Waals surface area contributed by atoms with Crippen molar-refractivity contribution in [2.24, 2.45) is 0 Å². The predicted molar refractivity (Wildman–Crippen MR) is 99.3 cm³/mol. The first-order valence-corrected chi connectivity index (χ1v) is 8.62. The number of hydroxylamine groups is 2. The number of nitrogens with zero attached hydrogens (tertiary/aromatic N) is 1. The van der Waals surface area contributed by atoms with E-state index in [9.17, 15) is 9.59 Å². The van der Waals surface area contributed by atoms with Gasteiger partial charge in [-0.15, -0.1) is 0 Å². The normalized spacial score (nSPS) is 21.2. The topological polar surface area (TPSA) is 55.8 Å². The highest BCUT2D eigenvalue weighted by molar-refractivity contribution is 6.08. The first kappa shape index (κ1) is 15.8. The lowest BCUT2D eigenvalue weighted by Gasteiger charge is -2.36. The Balaban J connectivity index is 1.42. The molecule has 0 spiro atoms. The Kier molecular flexibility index (Phi) is 3.39. The third-order valence-corrected chi connectivity index (χ3v) is 4.97. The molecule has 27 heavy (non-hydrogen) atoms. The van der Waals surface area contributed by atoms with E-state index in [2.05, 4.69) is 6.58 Å². The first-order valence-electron chi connectivity index (χ1n) is 8.62. The van der Waals surface area contributed by atoms with E-state index in [1.807, 2.05) is 48.5 Å². The second-order valence-electron chi connectivity index (χ2n) is 6.58. The van der Waals surface area contributed by atoms with Crippen LogP contribution in [0.5, 0.6) is 0 Å². The molecule has 0 radical (unpaired) electrons. The molecule has 2 atom stereocenters. The summed E-state index contributed by atoms with van der Waals surface area (Å²) in [6.45, 7) is 3.93. The van der Waals surface area contributed by atoms with Crippen LogP contribution in [0.3, 0.4) is 0 Å². The van der Waals surface area contributed by atoms with E-state index < -0.39 is 18.2 Å². The zero-order valence-electron chi connectivity index (χ0n) is 14.3. The number of cyclic esters (lactones) is 1. The fraction of sp³-hybridized carbons (Fsp3) is 0.0909. The number of esters is 1. The van der Waals surface area contributed by atoms with E-state index in [1.165, 1.54) is 0 Å². The van der Waals surface area contributed by atoms with Crippen LogP contribution in [-0.4, -0.2) is 23.0 Å². The summed E-state index contributed by atoms with van der Waals surface area (Å²) in [5, 5.41) is 3.25. The third-order valence-electron chi connectivity index (χ3n) is 4.97. The van der Waals surface area contributed by atoms with Crippen molar-refractivity contribution in [1.29, 1.82) is 0 Å². The van der Waals surface area contributed by atoms with E-state index in [0.717, 1.165) is 21.4 Å². The number of ether oxygens (including phenoxy) is 1. The van der Waals surface area contributed by atoms with E-state index in [1.54, 1.807) is 18.2 Å². The lowest BCUT2D eigenvalue weighted by Crippen LogP contribution is -2.49. The number of amides is 1. The van der Waals surface area contributed by atoms with E-state index in [0.29, 0.717) is 16.8 Å². The second-order valence-corrected chi connectivity index (χ2v) is 6.58. The van der Waals surface area contributed by atoms with Gasteiger partial charge in [0.25, 0.3) is 5.91 Å². The quantitative estimate of drug-likeness (QED) is 0.668. The second kappa shape index (κ2) is 5.79. The van der Waals surface area contributed by atoms with Crippen LogP contribution < -0.4 is 0 Å².